The predicted molar refractivity (Wildman–Crippen MR) is 277 cm³/mol. The van der Waals surface area contributed by atoms with Crippen LogP contribution < -0.4 is 15.1 Å². The highest BCUT2D eigenvalue weighted by molar-refractivity contribution is 7.32. The Morgan fingerprint density at radius 3 is 1.81 bits per heavy atom. The third kappa shape index (κ3) is 4.92. The van der Waals surface area contributed by atoms with E-state index in [-0.39, 0.29) is 23.1 Å². The SMILES string of the molecule is CC(C)(C)c1ccc(N2B3c4sc5ccc(C(C)(C)C)cc5c4-n4c5ccc(C(C)(C)C)cc5c5c6sc7ccccc7c6c(c3c54)-c3cc4sc5ccccc5c4cc32)cc1. The van der Waals surface area contributed by atoms with E-state index in [1.54, 1.807) is 0 Å². The quantitative estimate of drug-likeness (QED) is 0.149. The van der Waals surface area contributed by atoms with Crippen molar-refractivity contribution in [2.45, 2.75) is 78.6 Å². The molecular formula is C56H47BN2S3. The molecule has 0 aliphatic carbocycles. The van der Waals surface area contributed by atoms with Gasteiger partial charge in [-0.05, 0) is 105 Å². The summed E-state index contributed by atoms with van der Waals surface area (Å²) in [4.78, 5) is 2.75. The molecule has 62 heavy (non-hydrogen) atoms. The fourth-order valence-electron chi connectivity index (χ4n) is 10.8. The standard InChI is InChI=1S/C56H47BN2S3/c1-54(2,3)30-18-22-33(23-19-30)59-41-28-36-34-14-10-12-16-42(34)60-45(36)29-38(41)46-47-35-15-11-13-17-43(35)61-52(47)48-37-26-31(55(4,5)6)20-24-40(37)58-50-39-27-32(56(7,8)9)21-25-44(39)62-53(50)57(59)49(46)51(48)58/h10-29H,1-9H3. The van der Waals surface area contributed by atoms with E-state index in [1.165, 1.54) is 127 Å². The minimum absolute atomic E-state index is 0.00520. The molecule has 0 saturated carbocycles. The van der Waals surface area contributed by atoms with Gasteiger partial charge in [-0.1, -0.05) is 123 Å². The fraction of sp³-hybridized carbons (Fsp3) is 0.214. The maximum atomic E-state index is 2.75. The molecule has 11 aromatic rings. The second kappa shape index (κ2) is 12.2. The van der Waals surface area contributed by atoms with Crippen LogP contribution in [-0.4, -0.2) is 11.4 Å². The molecular weight excluding hydrogens is 808 g/mol. The topological polar surface area (TPSA) is 8.17 Å². The van der Waals surface area contributed by atoms with E-state index in [0.29, 0.717) is 0 Å². The summed E-state index contributed by atoms with van der Waals surface area (Å²) in [6, 6.07) is 47.6. The number of aromatic nitrogens is 1. The van der Waals surface area contributed by atoms with Gasteiger partial charge in [0.1, 0.15) is 0 Å². The zero-order chi connectivity index (χ0) is 42.4. The number of rotatable bonds is 1. The molecule has 2 aliphatic rings. The van der Waals surface area contributed by atoms with Crippen molar-refractivity contribution in [3.8, 4) is 16.8 Å². The van der Waals surface area contributed by atoms with Crippen molar-refractivity contribution in [3.05, 3.63) is 138 Å². The molecule has 6 heteroatoms. The summed E-state index contributed by atoms with van der Waals surface area (Å²) in [6.45, 7) is 21.0. The summed E-state index contributed by atoms with van der Waals surface area (Å²) in [5.41, 5.74) is 14.9. The molecule has 2 aliphatic heterocycles. The molecule has 0 N–H and O–H groups in total. The average molecular weight is 855 g/mol. The highest BCUT2D eigenvalue weighted by atomic mass is 32.1. The van der Waals surface area contributed by atoms with Gasteiger partial charge in [0, 0.05) is 82.9 Å². The summed E-state index contributed by atoms with van der Waals surface area (Å²) >= 11 is 5.91. The van der Waals surface area contributed by atoms with E-state index in [4.69, 9.17) is 0 Å². The lowest BCUT2D eigenvalue weighted by molar-refractivity contribution is 0.590. The first-order chi connectivity index (χ1) is 29.6. The molecule has 0 atom stereocenters. The van der Waals surface area contributed by atoms with Crippen LogP contribution >= 0.6 is 34.0 Å². The van der Waals surface area contributed by atoms with Gasteiger partial charge < -0.3 is 9.38 Å². The van der Waals surface area contributed by atoms with E-state index in [2.05, 4.69) is 193 Å². The molecule has 2 nitrogen and oxygen atoms in total. The van der Waals surface area contributed by atoms with Gasteiger partial charge in [0.2, 0.25) is 0 Å². The van der Waals surface area contributed by atoms with Gasteiger partial charge in [0.05, 0.1) is 16.7 Å². The van der Waals surface area contributed by atoms with Gasteiger partial charge in [-0.2, -0.15) is 0 Å². The Morgan fingerprint density at radius 2 is 1.10 bits per heavy atom. The third-order valence-corrected chi connectivity index (χ3v) is 17.6. The number of fused-ring (bicyclic) bond motifs is 18. The Kier molecular flexibility index (Phi) is 7.31. The van der Waals surface area contributed by atoms with Crippen LogP contribution in [0.4, 0.5) is 11.4 Å². The van der Waals surface area contributed by atoms with Gasteiger partial charge in [-0.25, -0.2) is 0 Å². The van der Waals surface area contributed by atoms with Crippen molar-refractivity contribution < 1.29 is 0 Å². The Labute approximate surface area is 375 Å². The third-order valence-electron chi connectivity index (χ3n) is 14.0. The van der Waals surface area contributed by atoms with Crippen LogP contribution in [0.2, 0.25) is 0 Å². The molecule has 0 bridgehead atoms. The molecule has 0 unspecified atom stereocenters. The van der Waals surface area contributed by atoms with Crippen molar-refractivity contribution in [1.29, 1.82) is 0 Å². The van der Waals surface area contributed by atoms with Gasteiger partial charge in [0.15, 0.2) is 0 Å². The van der Waals surface area contributed by atoms with Crippen LogP contribution in [-0.2, 0) is 16.2 Å². The smallest absolute Gasteiger partial charge is 0.343 e. The molecule has 302 valence electrons. The summed E-state index contributed by atoms with van der Waals surface area (Å²) in [5.74, 6) is 0. The van der Waals surface area contributed by atoms with Gasteiger partial charge in [0.25, 0.3) is 0 Å². The van der Waals surface area contributed by atoms with E-state index in [0.717, 1.165) is 0 Å². The van der Waals surface area contributed by atoms with Crippen molar-refractivity contribution in [2.24, 2.45) is 0 Å². The van der Waals surface area contributed by atoms with Crippen LogP contribution in [0.5, 0.6) is 0 Å². The first-order valence-electron chi connectivity index (χ1n) is 22.0. The number of benzene rings is 7. The highest BCUT2D eigenvalue weighted by Gasteiger charge is 2.47. The molecule has 7 aromatic carbocycles. The minimum Gasteiger partial charge on any atom is -0.376 e. The molecule has 0 fully saturated rings. The van der Waals surface area contributed by atoms with E-state index >= 15 is 0 Å². The summed E-state index contributed by atoms with van der Waals surface area (Å²) < 4.78 is 10.9. The van der Waals surface area contributed by atoms with Crippen molar-refractivity contribution in [2.75, 3.05) is 4.81 Å². The Balaban J connectivity index is 1.29. The highest BCUT2D eigenvalue weighted by Crippen LogP contribution is 2.55. The first-order valence-corrected chi connectivity index (χ1v) is 24.5. The van der Waals surface area contributed by atoms with E-state index < -0.39 is 0 Å². The Morgan fingerprint density at radius 1 is 0.484 bits per heavy atom. The second-order valence-electron chi connectivity index (χ2n) is 20.9. The lowest BCUT2D eigenvalue weighted by atomic mass is 9.47. The van der Waals surface area contributed by atoms with Crippen LogP contribution in [0.1, 0.15) is 79.0 Å². The Hall–Kier alpha value is -5.40. The maximum absolute atomic E-state index is 2.75. The molecule has 0 spiro atoms. The van der Waals surface area contributed by atoms with Gasteiger partial charge >= 0.3 is 6.85 Å². The largest absolute Gasteiger partial charge is 0.376 e. The maximum Gasteiger partial charge on any atom is 0.343 e. The van der Waals surface area contributed by atoms with Crippen molar-refractivity contribution >= 4 is 135 Å². The zero-order valence-corrected chi connectivity index (χ0v) is 39.2. The van der Waals surface area contributed by atoms with E-state index in [9.17, 15) is 0 Å². The number of hydrogen-bond acceptors (Lipinski definition) is 4. The lowest BCUT2D eigenvalue weighted by Gasteiger charge is -2.41. The van der Waals surface area contributed by atoms with Crippen LogP contribution in [0, 0.1) is 0 Å². The zero-order valence-electron chi connectivity index (χ0n) is 36.7. The second-order valence-corrected chi connectivity index (χ2v) is 24.2. The van der Waals surface area contributed by atoms with Crippen molar-refractivity contribution in [3.63, 3.8) is 0 Å². The van der Waals surface area contributed by atoms with Gasteiger partial charge in [-0.15, -0.1) is 34.0 Å². The number of nitrogens with zero attached hydrogens (tertiary/aromatic N) is 2. The van der Waals surface area contributed by atoms with Crippen LogP contribution in [0.15, 0.2) is 121 Å². The predicted octanol–water partition coefficient (Wildman–Crippen LogP) is 15.9. The van der Waals surface area contributed by atoms with E-state index in [1.807, 2.05) is 34.0 Å². The fourth-order valence-corrected chi connectivity index (χ4v) is 14.5. The molecule has 0 amide bonds. The number of anilines is 2. The monoisotopic (exact) mass is 854 g/mol. The minimum atomic E-state index is -0.0460. The molecule has 4 aromatic heterocycles. The first kappa shape index (κ1) is 37.2. The average Bonchev–Trinajstić information content (AvgIpc) is 4.00. The van der Waals surface area contributed by atoms with Gasteiger partial charge in [-0.3, -0.25) is 0 Å². The molecule has 0 radical (unpaired) electrons. The summed E-state index contributed by atoms with van der Waals surface area (Å²) in [7, 11) is 0. The van der Waals surface area contributed by atoms with Crippen molar-refractivity contribution in [1.82, 2.24) is 4.57 Å². The normalized spacial score (nSPS) is 14.1. The molecule has 6 heterocycles. The Bertz CT molecular complexity index is 3760. The number of thiophene rings is 3. The lowest BCUT2D eigenvalue weighted by Crippen LogP contribution is -2.59. The molecule has 13 rings (SSSR count). The molecule has 0 saturated heterocycles. The number of hydrogen-bond donors (Lipinski definition) is 0. The van der Waals surface area contributed by atoms with Crippen LogP contribution in [0.25, 0.3) is 89.1 Å². The summed E-state index contributed by atoms with van der Waals surface area (Å²) in [6.07, 6.45) is 0. The van der Waals surface area contributed by atoms with Crippen LogP contribution in [0.3, 0.4) is 0 Å². The summed E-state index contributed by atoms with van der Waals surface area (Å²) in [5, 5.41) is 9.54.